The van der Waals surface area contributed by atoms with Crippen molar-refractivity contribution in [3.63, 3.8) is 0 Å². The third-order valence-electron chi connectivity index (χ3n) is 3.37. The van der Waals surface area contributed by atoms with Crippen LogP contribution in [0.4, 0.5) is 4.39 Å². The van der Waals surface area contributed by atoms with Crippen molar-refractivity contribution in [3.05, 3.63) is 35.6 Å². The van der Waals surface area contributed by atoms with E-state index in [4.69, 9.17) is 0 Å². The lowest BCUT2D eigenvalue weighted by Gasteiger charge is -2.22. The highest BCUT2D eigenvalue weighted by atomic mass is 32.2. The minimum absolute atomic E-state index is 0.149. The van der Waals surface area contributed by atoms with Crippen LogP contribution in [0, 0.1) is 5.82 Å². The van der Waals surface area contributed by atoms with Crippen molar-refractivity contribution in [1.29, 1.82) is 0 Å². The van der Waals surface area contributed by atoms with Crippen LogP contribution in [0.1, 0.15) is 24.9 Å². The minimum atomic E-state index is -2.92. The molecule has 0 amide bonds. The molecule has 6 heteroatoms. The Morgan fingerprint density at radius 3 is 2.38 bits per heavy atom. The van der Waals surface area contributed by atoms with Crippen LogP contribution in [-0.2, 0) is 9.84 Å². The predicted molar refractivity (Wildman–Crippen MR) is 84.6 cm³/mol. The zero-order valence-electron chi connectivity index (χ0n) is 13.0. The van der Waals surface area contributed by atoms with Crippen molar-refractivity contribution >= 4 is 9.84 Å². The molecule has 21 heavy (non-hydrogen) atoms. The second-order valence-corrected chi connectivity index (χ2v) is 7.64. The highest BCUT2D eigenvalue weighted by molar-refractivity contribution is 7.90. The van der Waals surface area contributed by atoms with Crippen LogP contribution in [0.5, 0.6) is 0 Å². The second kappa shape index (κ2) is 8.46. The van der Waals surface area contributed by atoms with E-state index in [2.05, 4.69) is 5.32 Å². The van der Waals surface area contributed by atoms with Crippen LogP contribution in [-0.4, -0.2) is 52.0 Å². The molecule has 0 fully saturated rings. The van der Waals surface area contributed by atoms with Gasteiger partial charge in [-0.15, -0.1) is 0 Å². The second-order valence-electron chi connectivity index (χ2n) is 5.38. The lowest BCUT2D eigenvalue weighted by Crippen LogP contribution is -2.30. The molecule has 1 atom stereocenters. The number of halogens is 1. The average molecular weight is 316 g/mol. The fraction of sp³-hybridized carbons (Fsp3) is 0.600. The van der Waals surface area contributed by atoms with Gasteiger partial charge in [-0.3, -0.25) is 0 Å². The molecule has 1 rings (SSSR count). The Morgan fingerprint density at radius 2 is 1.86 bits per heavy atom. The Balaban J connectivity index is 2.53. The summed E-state index contributed by atoms with van der Waals surface area (Å²) in [6, 6.07) is 6.66. The van der Waals surface area contributed by atoms with Crippen LogP contribution >= 0.6 is 0 Å². The van der Waals surface area contributed by atoms with Gasteiger partial charge in [0.05, 0.1) is 5.75 Å². The van der Waals surface area contributed by atoms with Crippen molar-refractivity contribution < 1.29 is 12.8 Å². The molecule has 0 bridgehead atoms. The molecule has 0 radical (unpaired) electrons. The van der Waals surface area contributed by atoms with Crippen molar-refractivity contribution in [1.82, 2.24) is 10.2 Å². The number of hydrogen-bond donors (Lipinski definition) is 1. The van der Waals surface area contributed by atoms with Gasteiger partial charge in [-0.05, 0) is 44.3 Å². The fourth-order valence-electron chi connectivity index (χ4n) is 2.11. The Hall–Kier alpha value is -0.980. The van der Waals surface area contributed by atoms with Gasteiger partial charge in [0, 0.05) is 18.8 Å². The van der Waals surface area contributed by atoms with Gasteiger partial charge in [0.2, 0.25) is 0 Å². The number of sulfone groups is 1. The van der Waals surface area contributed by atoms with Crippen molar-refractivity contribution in [3.8, 4) is 0 Å². The van der Waals surface area contributed by atoms with E-state index in [1.807, 2.05) is 18.9 Å². The molecule has 120 valence electrons. The van der Waals surface area contributed by atoms with E-state index in [0.717, 1.165) is 25.1 Å². The van der Waals surface area contributed by atoms with Gasteiger partial charge in [-0.25, -0.2) is 12.8 Å². The standard InChI is InChI=1S/C15H25FN2O2S/c1-4-17-15(13-5-7-14(16)8-6-13)9-10-18(2)11-12-21(3,19)20/h5-8,15,17H,4,9-12H2,1-3H3. The number of hydrogen-bond acceptors (Lipinski definition) is 4. The lowest BCUT2D eigenvalue weighted by molar-refractivity contribution is 0.323. The van der Waals surface area contributed by atoms with Crippen LogP contribution < -0.4 is 5.32 Å². The molecule has 0 aromatic heterocycles. The van der Waals surface area contributed by atoms with Gasteiger partial charge in [0.25, 0.3) is 0 Å². The molecule has 0 saturated carbocycles. The maximum atomic E-state index is 13.0. The summed E-state index contributed by atoms with van der Waals surface area (Å²) in [7, 11) is -1.01. The minimum Gasteiger partial charge on any atom is -0.310 e. The predicted octanol–water partition coefficient (Wildman–Crippen LogP) is 1.84. The van der Waals surface area contributed by atoms with Crippen molar-refractivity contribution in [2.24, 2.45) is 0 Å². The molecule has 0 aliphatic carbocycles. The van der Waals surface area contributed by atoms with Gasteiger partial charge in [-0.1, -0.05) is 19.1 Å². The first-order valence-electron chi connectivity index (χ1n) is 7.17. The molecule has 0 spiro atoms. The summed E-state index contributed by atoms with van der Waals surface area (Å²) in [6.45, 7) is 4.17. The van der Waals surface area contributed by atoms with E-state index in [1.54, 1.807) is 12.1 Å². The number of nitrogens with one attached hydrogen (secondary N) is 1. The van der Waals surface area contributed by atoms with Crippen LogP contribution in [0.2, 0.25) is 0 Å². The molecular formula is C15H25FN2O2S. The highest BCUT2D eigenvalue weighted by Crippen LogP contribution is 2.17. The Kier molecular flexibility index (Phi) is 7.28. The van der Waals surface area contributed by atoms with E-state index in [1.165, 1.54) is 18.4 Å². The largest absolute Gasteiger partial charge is 0.310 e. The average Bonchev–Trinajstić information content (AvgIpc) is 2.41. The molecule has 0 saturated heterocycles. The Bertz CT molecular complexity index is 517. The summed E-state index contributed by atoms with van der Waals surface area (Å²) in [5.74, 6) is -0.0642. The fourth-order valence-corrected chi connectivity index (χ4v) is 2.75. The molecule has 1 aromatic rings. The van der Waals surface area contributed by atoms with Crippen molar-refractivity contribution in [2.75, 3.05) is 38.7 Å². The van der Waals surface area contributed by atoms with Crippen LogP contribution in [0.15, 0.2) is 24.3 Å². The SMILES string of the molecule is CCNC(CCN(C)CCS(C)(=O)=O)c1ccc(F)cc1. The third kappa shape index (κ3) is 7.55. The van der Waals surface area contributed by atoms with Crippen molar-refractivity contribution in [2.45, 2.75) is 19.4 Å². The molecule has 1 unspecified atom stereocenters. The molecule has 0 aliphatic heterocycles. The van der Waals surface area contributed by atoms with E-state index in [0.29, 0.717) is 6.54 Å². The van der Waals surface area contributed by atoms with Crippen LogP contribution in [0.3, 0.4) is 0 Å². The first kappa shape index (κ1) is 18.1. The molecule has 1 N–H and O–H groups in total. The topological polar surface area (TPSA) is 49.4 Å². The molecule has 4 nitrogen and oxygen atoms in total. The normalized spacial score (nSPS) is 13.6. The highest BCUT2D eigenvalue weighted by Gasteiger charge is 2.12. The monoisotopic (exact) mass is 316 g/mol. The van der Waals surface area contributed by atoms with E-state index >= 15 is 0 Å². The summed E-state index contributed by atoms with van der Waals surface area (Å²) in [4.78, 5) is 2.01. The molecule has 0 aliphatic rings. The molecule has 0 heterocycles. The number of benzene rings is 1. The summed E-state index contributed by atoms with van der Waals surface area (Å²) >= 11 is 0. The van der Waals surface area contributed by atoms with Gasteiger partial charge >= 0.3 is 0 Å². The van der Waals surface area contributed by atoms with Gasteiger partial charge in [0.15, 0.2) is 0 Å². The smallest absolute Gasteiger partial charge is 0.148 e. The van der Waals surface area contributed by atoms with E-state index < -0.39 is 9.84 Å². The summed E-state index contributed by atoms with van der Waals surface area (Å²) in [6.07, 6.45) is 2.10. The zero-order chi connectivity index (χ0) is 15.9. The quantitative estimate of drug-likeness (QED) is 0.755. The summed E-state index contributed by atoms with van der Waals surface area (Å²) in [5, 5.41) is 3.38. The van der Waals surface area contributed by atoms with Gasteiger partial charge in [0.1, 0.15) is 15.7 Å². The number of nitrogens with zero attached hydrogens (tertiary/aromatic N) is 1. The Morgan fingerprint density at radius 1 is 1.24 bits per heavy atom. The zero-order valence-corrected chi connectivity index (χ0v) is 13.8. The maximum absolute atomic E-state index is 13.0. The first-order valence-corrected chi connectivity index (χ1v) is 9.23. The van der Waals surface area contributed by atoms with Gasteiger partial charge in [-0.2, -0.15) is 0 Å². The van der Waals surface area contributed by atoms with E-state index in [9.17, 15) is 12.8 Å². The molecular weight excluding hydrogens is 291 g/mol. The van der Waals surface area contributed by atoms with E-state index in [-0.39, 0.29) is 17.6 Å². The number of rotatable bonds is 9. The summed E-state index contributed by atoms with van der Waals surface area (Å²) < 4.78 is 35.3. The van der Waals surface area contributed by atoms with Gasteiger partial charge < -0.3 is 10.2 Å². The lowest BCUT2D eigenvalue weighted by atomic mass is 10.0. The summed E-state index contributed by atoms with van der Waals surface area (Å²) in [5.41, 5.74) is 1.05. The third-order valence-corrected chi connectivity index (χ3v) is 4.29. The first-order chi connectivity index (χ1) is 9.81. The Labute approximate surface area is 127 Å². The molecule has 1 aromatic carbocycles. The maximum Gasteiger partial charge on any atom is 0.148 e. The van der Waals surface area contributed by atoms with Crippen LogP contribution in [0.25, 0.3) is 0 Å².